The van der Waals surface area contributed by atoms with Gasteiger partial charge < -0.3 is 5.11 Å². The summed E-state index contributed by atoms with van der Waals surface area (Å²) in [5, 5.41) is 8.76. The second-order valence-electron chi connectivity index (χ2n) is 4.06. The third-order valence-corrected chi connectivity index (χ3v) is 2.60. The molecule has 2 rings (SSSR count). The summed E-state index contributed by atoms with van der Waals surface area (Å²) in [5.41, 5.74) is 3.24. The Morgan fingerprint density at radius 2 is 2.06 bits per heavy atom. The summed E-state index contributed by atoms with van der Waals surface area (Å²) < 4.78 is 0. The van der Waals surface area contributed by atoms with Crippen LogP contribution in [0.5, 0.6) is 0 Å². The van der Waals surface area contributed by atoms with Gasteiger partial charge in [0.15, 0.2) is 0 Å². The molecular weight excluding hydrogens is 212 g/mol. The van der Waals surface area contributed by atoms with Crippen LogP contribution in [0.15, 0.2) is 59.7 Å². The molecule has 1 aliphatic rings. The molecule has 1 aromatic rings. The van der Waals surface area contributed by atoms with E-state index < -0.39 is 5.97 Å². The van der Waals surface area contributed by atoms with E-state index >= 15 is 0 Å². The summed E-state index contributed by atoms with van der Waals surface area (Å²) in [4.78, 5) is 10.6. The lowest BCUT2D eigenvalue weighted by Gasteiger charge is -2.10. The molecule has 0 radical (unpaired) electrons. The Morgan fingerprint density at radius 1 is 1.29 bits per heavy atom. The Bertz CT molecular complexity index is 493. The Kier molecular flexibility index (Phi) is 3.55. The molecule has 86 valence electrons. The van der Waals surface area contributed by atoms with Crippen molar-refractivity contribution >= 4 is 12.0 Å². The van der Waals surface area contributed by atoms with E-state index in [9.17, 15) is 4.79 Å². The van der Waals surface area contributed by atoms with Crippen LogP contribution in [0.2, 0.25) is 0 Å². The quantitative estimate of drug-likeness (QED) is 0.857. The van der Waals surface area contributed by atoms with Gasteiger partial charge in [-0.1, -0.05) is 60.2 Å². The minimum Gasteiger partial charge on any atom is -0.481 e. The number of carboxylic acid groups (broad SMARTS) is 1. The average Bonchev–Trinajstić information content (AvgIpc) is 2.30. The SMILES string of the molecule is O=C(O)CC1=CC=CC(=Cc2ccccc2)C1. The molecule has 0 saturated heterocycles. The van der Waals surface area contributed by atoms with E-state index in [-0.39, 0.29) is 6.42 Å². The number of rotatable bonds is 3. The van der Waals surface area contributed by atoms with Crippen molar-refractivity contribution in [3.63, 3.8) is 0 Å². The van der Waals surface area contributed by atoms with E-state index in [2.05, 4.69) is 6.08 Å². The highest BCUT2D eigenvalue weighted by Crippen LogP contribution is 2.22. The topological polar surface area (TPSA) is 37.3 Å². The highest BCUT2D eigenvalue weighted by atomic mass is 16.4. The Morgan fingerprint density at radius 3 is 2.76 bits per heavy atom. The Hall–Kier alpha value is -2.09. The summed E-state index contributed by atoms with van der Waals surface area (Å²) in [6.45, 7) is 0. The minimum atomic E-state index is -0.773. The van der Waals surface area contributed by atoms with Crippen LogP contribution >= 0.6 is 0 Å². The van der Waals surface area contributed by atoms with E-state index in [4.69, 9.17) is 5.11 Å². The molecule has 1 aromatic carbocycles. The van der Waals surface area contributed by atoms with E-state index in [0.29, 0.717) is 0 Å². The predicted octanol–water partition coefficient (Wildman–Crippen LogP) is 3.43. The standard InChI is InChI=1S/C15H14O2/c16-15(17)11-14-8-4-7-13(10-14)9-12-5-2-1-3-6-12/h1-9H,10-11H2,(H,16,17). The normalized spacial score (nSPS) is 16.9. The third-order valence-electron chi connectivity index (χ3n) is 2.60. The fraction of sp³-hybridized carbons (Fsp3) is 0.133. The highest BCUT2D eigenvalue weighted by Gasteiger charge is 2.08. The Labute approximate surface area is 101 Å². The number of hydrogen-bond donors (Lipinski definition) is 1. The molecule has 0 fully saturated rings. The number of carbonyl (C=O) groups is 1. The van der Waals surface area contributed by atoms with Gasteiger partial charge in [0.05, 0.1) is 6.42 Å². The Balaban J connectivity index is 2.11. The van der Waals surface area contributed by atoms with Crippen molar-refractivity contribution < 1.29 is 9.90 Å². The van der Waals surface area contributed by atoms with Gasteiger partial charge in [-0.05, 0) is 17.6 Å². The van der Waals surface area contributed by atoms with Crippen molar-refractivity contribution in [2.24, 2.45) is 0 Å². The molecule has 0 bridgehead atoms. The van der Waals surface area contributed by atoms with Crippen LogP contribution in [0, 0.1) is 0 Å². The molecule has 0 heterocycles. The van der Waals surface area contributed by atoms with Crippen LogP contribution in [0.3, 0.4) is 0 Å². The first-order chi connectivity index (χ1) is 8.24. The van der Waals surface area contributed by atoms with Gasteiger partial charge in [-0.15, -0.1) is 0 Å². The van der Waals surface area contributed by atoms with Crippen molar-refractivity contribution in [3.05, 3.63) is 65.3 Å². The monoisotopic (exact) mass is 226 g/mol. The lowest BCUT2D eigenvalue weighted by atomic mass is 9.96. The van der Waals surface area contributed by atoms with Crippen molar-refractivity contribution in [2.75, 3.05) is 0 Å². The van der Waals surface area contributed by atoms with Gasteiger partial charge in [-0.3, -0.25) is 4.79 Å². The molecule has 0 unspecified atom stereocenters. The van der Waals surface area contributed by atoms with Gasteiger partial charge in [0.25, 0.3) is 0 Å². The molecule has 1 N–H and O–H groups in total. The van der Waals surface area contributed by atoms with E-state index in [1.165, 1.54) is 0 Å². The van der Waals surface area contributed by atoms with Gasteiger partial charge >= 0.3 is 5.97 Å². The summed E-state index contributed by atoms with van der Waals surface area (Å²) in [6, 6.07) is 10.0. The summed E-state index contributed by atoms with van der Waals surface area (Å²) in [6.07, 6.45) is 8.75. The van der Waals surface area contributed by atoms with Crippen molar-refractivity contribution in [1.29, 1.82) is 0 Å². The molecule has 1 aliphatic carbocycles. The van der Waals surface area contributed by atoms with Crippen LogP contribution < -0.4 is 0 Å². The zero-order valence-corrected chi connectivity index (χ0v) is 9.47. The zero-order chi connectivity index (χ0) is 12.1. The van der Waals surface area contributed by atoms with Crippen LogP contribution in [-0.2, 0) is 4.79 Å². The largest absolute Gasteiger partial charge is 0.481 e. The smallest absolute Gasteiger partial charge is 0.307 e. The summed E-state index contributed by atoms with van der Waals surface area (Å²) in [5.74, 6) is -0.773. The molecule has 0 saturated carbocycles. The third kappa shape index (κ3) is 3.45. The summed E-state index contributed by atoms with van der Waals surface area (Å²) >= 11 is 0. The van der Waals surface area contributed by atoms with Crippen LogP contribution in [0.4, 0.5) is 0 Å². The fourth-order valence-electron chi connectivity index (χ4n) is 1.87. The second-order valence-corrected chi connectivity index (χ2v) is 4.06. The van der Waals surface area contributed by atoms with Crippen molar-refractivity contribution in [2.45, 2.75) is 12.8 Å². The molecular formula is C15H14O2. The predicted molar refractivity (Wildman–Crippen MR) is 68.5 cm³/mol. The number of aliphatic carboxylic acids is 1. The van der Waals surface area contributed by atoms with Crippen LogP contribution in [-0.4, -0.2) is 11.1 Å². The van der Waals surface area contributed by atoms with Crippen molar-refractivity contribution in [3.8, 4) is 0 Å². The number of allylic oxidation sites excluding steroid dienone is 4. The zero-order valence-electron chi connectivity index (χ0n) is 9.47. The molecule has 0 atom stereocenters. The maximum absolute atomic E-state index is 10.6. The maximum atomic E-state index is 10.6. The number of benzene rings is 1. The first kappa shape index (κ1) is 11.4. The van der Waals surface area contributed by atoms with Gasteiger partial charge in [-0.25, -0.2) is 0 Å². The molecule has 0 aromatic heterocycles. The highest BCUT2D eigenvalue weighted by molar-refractivity contribution is 5.71. The van der Waals surface area contributed by atoms with E-state index in [1.54, 1.807) is 0 Å². The van der Waals surface area contributed by atoms with Gasteiger partial charge in [0, 0.05) is 0 Å². The average molecular weight is 226 g/mol. The van der Waals surface area contributed by atoms with Gasteiger partial charge in [0.1, 0.15) is 0 Å². The van der Waals surface area contributed by atoms with Crippen LogP contribution in [0.25, 0.3) is 6.08 Å². The van der Waals surface area contributed by atoms with Gasteiger partial charge in [-0.2, -0.15) is 0 Å². The van der Waals surface area contributed by atoms with Crippen molar-refractivity contribution in [1.82, 2.24) is 0 Å². The molecule has 0 aliphatic heterocycles. The lowest BCUT2D eigenvalue weighted by Crippen LogP contribution is -2.00. The number of hydrogen-bond acceptors (Lipinski definition) is 1. The lowest BCUT2D eigenvalue weighted by molar-refractivity contribution is -0.136. The first-order valence-corrected chi connectivity index (χ1v) is 5.57. The van der Waals surface area contributed by atoms with Gasteiger partial charge in [0.2, 0.25) is 0 Å². The minimum absolute atomic E-state index is 0.121. The number of carboxylic acids is 1. The molecule has 0 amide bonds. The molecule has 0 spiro atoms. The molecule has 2 heteroatoms. The summed E-state index contributed by atoms with van der Waals surface area (Å²) in [7, 11) is 0. The van der Waals surface area contributed by atoms with E-state index in [0.717, 1.165) is 23.1 Å². The fourth-order valence-corrected chi connectivity index (χ4v) is 1.87. The first-order valence-electron chi connectivity index (χ1n) is 5.57. The molecule has 17 heavy (non-hydrogen) atoms. The van der Waals surface area contributed by atoms with E-state index in [1.807, 2.05) is 48.6 Å². The van der Waals surface area contributed by atoms with Crippen LogP contribution in [0.1, 0.15) is 18.4 Å². The maximum Gasteiger partial charge on any atom is 0.307 e. The second kappa shape index (κ2) is 5.30. The molecule has 2 nitrogen and oxygen atoms in total.